The first-order valence-electron chi connectivity index (χ1n) is 13.1. The molecule has 3 aromatic heterocycles. The number of thiophene rings is 1. The van der Waals surface area contributed by atoms with Crippen molar-refractivity contribution in [1.29, 1.82) is 0 Å². The molecule has 0 aliphatic carbocycles. The average Bonchev–Trinajstić information content (AvgIpc) is 3.40. The summed E-state index contributed by atoms with van der Waals surface area (Å²) in [7, 11) is 1.24. The van der Waals surface area contributed by atoms with Crippen molar-refractivity contribution in [3.63, 3.8) is 0 Å². The van der Waals surface area contributed by atoms with Gasteiger partial charge in [-0.3, -0.25) is 14.6 Å². The zero-order valence-corrected chi connectivity index (χ0v) is 23.5. The van der Waals surface area contributed by atoms with E-state index in [4.69, 9.17) is 15.2 Å². The van der Waals surface area contributed by atoms with Gasteiger partial charge in [0.25, 0.3) is 11.8 Å². The molecule has 10 nitrogen and oxygen atoms in total. The van der Waals surface area contributed by atoms with Crippen LogP contribution in [0.3, 0.4) is 0 Å². The van der Waals surface area contributed by atoms with Crippen molar-refractivity contribution in [2.24, 2.45) is 5.73 Å². The molecule has 11 heteroatoms. The average molecular weight is 572 g/mol. The summed E-state index contributed by atoms with van der Waals surface area (Å²) >= 11 is 1.57. The molecule has 0 fully saturated rings. The SMILES string of the molecule is CCCNC(=O)c1ccc(-c2cc3c(cc2C(=O)Nc2ccc(CN)nc2)-c2sccc2CCO3)c(C(=O)OC)n1. The number of rotatable bonds is 8. The zero-order valence-electron chi connectivity index (χ0n) is 22.7. The Labute approximate surface area is 240 Å². The fraction of sp³-hybridized carbons (Fsp3) is 0.233. The van der Waals surface area contributed by atoms with Crippen LogP contribution in [0.1, 0.15) is 55.9 Å². The molecule has 2 amide bonds. The molecule has 0 atom stereocenters. The van der Waals surface area contributed by atoms with Crippen molar-refractivity contribution >= 4 is 34.8 Å². The van der Waals surface area contributed by atoms with E-state index in [1.807, 2.05) is 12.3 Å². The van der Waals surface area contributed by atoms with E-state index in [1.165, 1.54) is 19.4 Å². The first kappa shape index (κ1) is 27.9. The molecule has 1 aliphatic rings. The number of nitrogens with one attached hydrogen (secondary N) is 2. The molecule has 0 bridgehead atoms. The Hall–Kier alpha value is -4.61. The van der Waals surface area contributed by atoms with E-state index in [0.29, 0.717) is 41.4 Å². The summed E-state index contributed by atoms with van der Waals surface area (Å²) in [6.07, 6.45) is 3.01. The molecule has 1 aromatic carbocycles. The van der Waals surface area contributed by atoms with Crippen molar-refractivity contribution < 1.29 is 23.9 Å². The number of nitrogens with two attached hydrogens (primary N) is 1. The van der Waals surface area contributed by atoms with Gasteiger partial charge in [-0.25, -0.2) is 9.78 Å². The number of pyridine rings is 2. The molecule has 1 aliphatic heterocycles. The highest BCUT2D eigenvalue weighted by atomic mass is 32.1. The Kier molecular flexibility index (Phi) is 8.37. The highest BCUT2D eigenvalue weighted by molar-refractivity contribution is 7.13. The summed E-state index contributed by atoms with van der Waals surface area (Å²) in [6, 6.07) is 12.2. The molecule has 0 radical (unpaired) electrons. The zero-order chi connectivity index (χ0) is 28.9. The van der Waals surface area contributed by atoms with Crippen LogP contribution in [0.5, 0.6) is 5.75 Å². The van der Waals surface area contributed by atoms with Gasteiger partial charge in [-0.05, 0) is 59.8 Å². The summed E-state index contributed by atoms with van der Waals surface area (Å²) in [5, 5.41) is 7.67. The van der Waals surface area contributed by atoms with Gasteiger partial charge in [-0.15, -0.1) is 11.3 Å². The third kappa shape index (κ3) is 5.81. The maximum absolute atomic E-state index is 13.8. The summed E-state index contributed by atoms with van der Waals surface area (Å²) in [5.74, 6) is -1.000. The van der Waals surface area contributed by atoms with Gasteiger partial charge in [0, 0.05) is 46.6 Å². The van der Waals surface area contributed by atoms with E-state index in [0.717, 1.165) is 28.8 Å². The molecule has 0 unspecified atom stereocenters. The van der Waals surface area contributed by atoms with Gasteiger partial charge >= 0.3 is 5.97 Å². The minimum atomic E-state index is -0.741. The number of anilines is 1. The molecule has 0 saturated carbocycles. The molecule has 4 heterocycles. The van der Waals surface area contributed by atoms with Crippen molar-refractivity contribution in [3.05, 3.63) is 82.3 Å². The number of amides is 2. The molecule has 0 saturated heterocycles. The maximum atomic E-state index is 13.8. The number of fused-ring (bicyclic) bond motifs is 3. The second-order valence-electron chi connectivity index (χ2n) is 9.30. The first-order valence-corrected chi connectivity index (χ1v) is 14.0. The Morgan fingerprint density at radius 2 is 1.93 bits per heavy atom. The normalized spacial score (nSPS) is 11.9. The highest BCUT2D eigenvalue weighted by Crippen LogP contribution is 2.43. The maximum Gasteiger partial charge on any atom is 0.357 e. The Morgan fingerprint density at radius 1 is 1.07 bits per heavy atom. The van der Waals surface area contributed by atoms with E-state index in [-0.39, 0.29) is 23.5 Å². The second-order valence-corrected chi connectivity index (χ2v) is 10.2. The monoisotopic (exact) mass is 571 g/mol. The van der Waals surface area contributed by atoms with E-state index >= 15 is 0 Å². The fourth-order valence-corrected chi connectivity index (χ4v) is 5.51. The molecule has 41 heavy (non-hydrogen) atoms. The summed E-state index contributed by atoms with van der Waals surface area (Å²) < 4.78 is 11.1. The van der Waals surface area contributed by atoms with Crippen LogP contribution in [0.4, 0.5) is 5.69 Å². The lowest BCUT2D eigenvalue weighted by Crippen LogP contribution is -2.26. The Balaban J connectivity index is 1.66. The predicted molar refractivity (Wildman–Crippen MR) is 156 cm³/mol. The smallest absolute Gasteiger partial charge is 0.357 e. The molecule has 210 valence electrons. The number of hydrogen-bond donors (Lipinski definition) is 3. The van der Waals surface area contributed by atoms with Gasteiger partial charge in [0.2, 0.25) is 0 Å². The van der Waals surface area contributed by atoms with Crippen LogP contribution in [0, 0.1) is 0 Å². The number of carbonyl (C=O) groups excluding carboxylic acids is 3. The van der Waals surface area contributed by atoms with Crippen molar-refractivity contribution in [2.75, 3.05) is 25.6 Å². The quantitative estimate of drug-likeness (QED) is 0.263. The largest absolute Gasteiger partial charge is 0.493 e. The number of aromatic nitrogens is 2. The molecule has 0 spiro atoms. The molecular weight excluding hydrogens is 542 g/mol. The topological polar surface area (TPSA) is 146 Å². The van der Waals surface area contributed by atoms with E-state index in [9.17, 15) is 14.4 Å². The van der Waals surface area contributed by atoms with Gasteiger partial charge in [0.1, 0.15) is 11.4 Å². The van der Waals surface area contributed by atoms with Crippen LogP contribution in [0.15, 0.2) is 54.0 Å². The van der Waals surface area contributed by atoms with Crippen LogP contribution in [-0.2, 0) is 17.7 Å². The fourth-order valence-electron chi connectivity index (χ4n) is 4.53. The summed E-state index contributed by atoms with van der Waals surface area (Å²) in [4.78, 5) is 49.0. The Morgan fingerprint density at radius 3 is 2.66 bits per heavy atom. The number of methoxy groups -OCH3 is 1. The first-order chi connectivity index (χ1) is 19.9. The minimum Gasteiger partial charge on any atom is -0.493 e. The van der Waals surface area contributed by atoms with Crippen LogP contribution in [0.2, 0.25) is 0 Å². The van der Waals surface area contributed by atoms with Crippen LogP contribution < -0.4 is 21.1 Å². The predicted octanol–water partition coefficient (Wildman–Crippen LogP) is 4.44. The second kappa shape index (κ2) is 12.3. The number of esters is 1. The Bertz CT molecular complexity index is 1620. The van der Waals surface area contributed by atoms with Crippen molar-refractivity contribution in [3.8, 4) is 27.3 Å². The molecular formula is C30H29N5O5S. The number of hydrogen-bond acceptors (Lipinski definition) is 9. The van der Waals surface area contributed by atoms with Gasteiger partial charge in [0.15, 0.2) is 5.69 Å². The van der Waals surface area contributed by atoms with Gasteiger partial charge in [0.05, 0.1) is 31.3 Å². The minimum absolute atomic E-state index is 0.0638. The van der Waals surface area contributed by atoms with Gasteiger partial charge in [-0.1, -0.05) is 6.92 Å². The lowest BCUT2D eigenvalue weighted by molar-refractivity contribution is 0.0594. The standard InChI is InChI=1S/C30H29N5O5S/c1-3-10-32-29(37)24-7-6-20(26(35-24)30(38)39-2)21-14-25-23(27-17(8-11-40-25)9-12-41-27)13-22(21)28(36)34-19-5-4-18(15-31)33-16-19/h4-7,9,12-14,16H,3,8,10-11,15,31H2,1-2H3,(H,32,37)(H,34,36). The van der Waals surface area contributed by atoms with Crippen LogP contribution >= 0.6 is 11.3 Å². The molecule has 4 N–H and O–H groups in total. The van der Waals surface area contributed by atoms with E-state index in [1.54, 1.807) is 41.7 Å². The number of nitrogens with zero attached hydrogens (tertiary/aromatic N) is 2. The van der Waals surface area contributed by atoms with Crippen molar-refractivity contribution in [2.45, 2.75) is 26.3 Å². The third-order valence-corrected chi connectivity index (χ3v) is 7.60. The van der Waals surface area contributed by atoms with Gasteiger partial charge in [-0.2, -0.15) is 0 Å². The lowest BCUT2D eigenvalue weighted by Gasteiger charge is -2.17. The van der Waals surface area contributed by atoms with E-state index < -0.39 is 17.8 Å². The van der Waals surface area contributed by atoms with Crippen molar-refractivity contribution in [1.82, 2.24) is 15.3 Å². The number of benzene rings is 1. The van der Waals surface area contributed by atoms with E-state index in [2.05, 4.69) is 26.7 Å². The van der Waals surface area contributed by atoms with Gasteiger partial charge < -0.3 is 25.8 Å². The molecule has 4 aromatic rings. The third-order valence-electron chi connectivity index (χ3n) is 6.61. The highest BCUT2D eigenvalue weighted by Gasteiger charge is 2.27. The summed E-state index contributed by atoms with van der Waals surface area (Å²) in [5.41, 5.74) is 9.73. The lowest BCUT2D eigenvalue weighted by atomic mass is 9.93. The number of ether oxygens (including phenoxy) is 2. The van der Waals surface area contributed by atoms with Crippen LogP contribution in [0.25, 0.3) is 21.6 Å². The molecule has 5 rings (SSSR count). The summed E-state index contributed by atoms with van der Waals surface area (Å²) in [6.45, 7) is 3.14. The van der Waals surface area contributed by atoms with Crippen LogP contribution in [-0.4, -0.2) is 48.0 Å². The number of carbonyl (C=O) groups is 3.